The Morgan fingerprint density at radius 1 is 1.13 bits per heavy atom. The smallest absolute Gasteiger partial charge is 0.318 e. The lowest BCUT2D eigenvalue weighted by molar-refractivity contribution is -0.151. The maximum absolute atomic E-state index is 13.0. The fourth-order valence-corrected chi connectivity index (χ4v) is 4.06. The van der Waals surface area contributed by atoms with E-state index in [1.165, 1.54) is 11.3 Å². The fraction of sp³-hybridized carbons (Fsp3) is 0.500. The van der Waals surface area contributed by atoms with Crippen LogP contribution in [0.15, 0.2) is 29.6 Å². The normalized spacial score (nSPS) is 12.8. The molecule has 0 spiro atoms. The van der Waals surface area contributed by atoms with E-state index in [2.05, 4.69) is 10.3 Å². The zero-order valence-corrected chi connectivity index (χ0v) is 18.6. The third-order valence-corrected chi connectivity index (χ3v) is 5.56. The van der Waals surface area contributed by atoms with E-state index in [-0.39, 0.29) is 19.4 Å². The molecule has 0 aliphatic rings. The highest BCUT2D eigenvalue weighted by molar-refractivity contribution is 7.13. The van der Waals surface area contributed by atoms with Crippen LogP contribution in [0.5, 0.6) is 5.75 Å². The van der Waals surface area contributed by atoms with Gasteiger partial charge >= 0.3 is 11.9 Å². The fourth-order valence-electron chi connectivity index (χ4n) is 3.23. The highest BCUT2D eigenvalue weighted by Crippen LogP contribution is 2.38. The third-order valence-electron chi connectivity index (χ3n) is 4.80. The van der Waals surface area contributed by atoms with Crippen LogP contribution in [-0.2, 0) is 19.7 Å². The standard InChI is InChI=1S/C22H30N2O5S/c1-4-7-13-22(14-12-19(25)26,20(27)29-6-3)18-15-30-21(24-18)23-16-8-10-17(11-9-16)28-5-2/h8-11,15H,4-7,12-14H2,1-3H3,(H,23,24)(H,25,26)/t22-/m1/s1. The van der Waals surface area contributed by atoms with E-state index in [0.29, 0.717) is 23.9 Å². The van der Waals surface area contributed by atoms with Gasteiger partial charge in [-0.3, -0.25) is 9.59 Å². The number of unbranched alkanes of at least 4 members (excludes halogenated alkanes) is 1. The molecule has 1 heterocycles. The zero-order chi connectivity index (χ0) is 22.0. The van der Waals surface area contributed by atoms with E-state index in [4.69, 9.17) is 9.47 Å². The summed E-state index contributed by atoms with van der Waals surface area (Å²) in [6.45, 7) is 6.56. The van der Waals surface area contributed by atoms with Crippen LogP contribution in [0.25, 0.3) is 0 Å². The Bertz CT molecular complexity index is 821. The second kappa shape index (κ2) is 11.5. The maximum Gasteiger partial charge on any atom is 0.318 e. The van der Waals surface area contributed by atoms with Gasteiger partial charge in [-0.2, -0.15) is 0 Å². The molecule has 0 bridgehead atoms. The van der Waals surface area contributed by atoms with Crippen LogP contribution in [0.4, 0.5) is 10.8 Å². The van der Waals surface area contributed by atoms with Gasteiger partial charge in [-0.05, 0) is 51.0 Å². The highest BCUT2D eigenvalue weighted by Gasteiger charge is 2.43. The van der Waals surface area contributed by atoms with E-state index in [1.54, 1.807) is 6.92 Å². The van der Waals surface area contributed by atoms with Crippen molar-refractivity contribution in [3.63, 3.8) is 0 Å². The van der Waals surface area contributed by atoms with E-state index >= 15 is 0 Å². The van der Waals surface area contributed by atoms with Crippen LogP contribution in [0.2, 0.25) is 0 Å². The monoisotopic (exact) mass is 434 g/mol. The number of hydrogen-bond acceptors (Lipinski definition) is 7. The van der Waals surface area contributed by atoms with Crippen molar-refractivity contribution in [3.8, 4) is 5.75 Å². The molecule has 2 rings (SSSR count). The molecule has 0 unspecified atom stereocenters. The van der Waals surface area contributed by atoms with Crippen molar-refractivity contribution in [1.82, 2.24) is 4.98 Å². The Morgan fingerprint density at radius 2 is 1.87 bits per heavy atom. The second-order valence-corrected chi connectivity index (χ2v) is 7.78. The van der Waals surface area contributed by atoms with Gasteiger partial charge in [0.25, 0.3) is 0 Å². The minimum atomic E-state index is -1.06. The number of anilines is 2. The van der Waals surface area contributed by atoms with E-state index in [9.17, 15) is 14.7 Å². The first-order valence-corrected chi connectivity index (χ1v) is 11.2. The summed E-state index contributed by atoms with van der Waals surface area (Å²) in [6, 6.07) is 7.53. The molecule has 1 atom stereocenters. The number of aliphatic carboxylic acids is 1. The molecule has 0 amide bonds. The molecule has 2 N–H and O–H groups in total. The molecule has 0 aliphatic heterocycles. The van der Waals surface area contributed by atoms with Crippen LogP contribution in [0.3, 0.4) is 0 Å². The van der Waals surface area contributed by atoms with Gasteiger partial charge in [0.1, 0.15) is 11.2 Å². The first-order chi connectivity index (χ1) is 14.4. The number of carbonyl (C=O) groups excluding carboxylic acids is 1. The van der Waals surface area contributed by atoms with Crippen molar-refractivity contribution in [2.75, 3.05) is 18.5 Å². The SMILES string of the molecule is CCCC[C@](CCC(=O)O)(C(=O)OCC)c1csc(Nc2ccc(OCC)cc2)n1. The Kier molecular flexibility index (Phi) is 9.11. The molecule has 1 aromatic carbocycles. The van der Waals surface area contributed by atoms with Gasteiger partial charge in [-0.1, -0.05) is 19.8 Å². The molecule has 0 aliphatic carbocycles. The van der Waals surface area contributed by atoms with Crippen molar-refractivity contribution in [2.24, 2.45) is 0 Å². The number of aromatic nitrogens is 1. The molecule has 1 aromatic heterocycles. The van der Waals surface area contributed by atoms with E-state index < -0.39 is 17.4 Å². The topological polar surface area (TPSA) is 97.8 Å². The van der Waals surface area contributed by atoms with E-state index in [0.717, 1.165) is 24.3 Å². The number of benzene rings is 1. The number of rotatable bonds is 13. The minimum absolute atomic E-state index is 0.123. The predicted molar refractivity (Wildman–Crippen MR) is 118 cm³/mol. The Hall–Kier alpha value is -2.61. The van der Waals surface area contributed by atoms with Gasteiger partial charge in [-0.25, -0.2) is 4.98 Å². The zero-order valence-electron chi connectivity index (χ0n) is 17.8. The van der Waals surface area contributed by atoms with Crippen molar-refractivity contribution in [3.05, 3.63) is 35.3 Å². The van der Waals surface area contributed by atoms with Gasteiger partial charge < -0.3 is 19.9 Å². The van der Waals surface area contributed by atoms with Crippen molar-refractivity contribution < 1.29 is 24.2 Å². The lowest BCUT2D eigenvalue weighted by atomic mass is 9.76. The highest BCUT2D eigenvalue weighted by atomic mass is 32.1. The summed E-state index contributed by atoms with van der Waals surface area (Å²) in [5.41, 5.74) is 0.355. The maximum atomic E-state index is 13.0. The van der Waals surface area contributed by atoms with Crippen molar-refractivity contribution in [1.29, 1.82) is 0 Å². The molecule has 8 heteroatoms. The van der Waals surface area contributed by atoms with Crippen LogP contribution in [0, 0.1) is 0 Å². The minimum Gasteiger partial charge on any atom is -0.494 e. The number of ether oxygens (including phenoxy) is 2. The summed E-state index contributed by atoms with van der Waals surface area (Å²) in [6.07, 6.45) is 2.20. The molecule has 7 nitrogen and oxygen atoms in total. The average Bonchev–Trinajstić information content (AvgIpc) is 3.19. The van der Waals surface area contributed by atoms with Crippen LogP contribution < -0.4 is 10.1 Å². The number of esters is 1. The summed E-state index contributed by atoms with van der Waals surface area (Å²) in [4.78, 5) is 28.9. The summed E-state index contributed by atoms with van der Waals surface area (Å²) in [5, 5.41) is 14.9. The molecular weight excluding hydrogens is 404 g/mol. The van der Waals surface area contributed by atoms with Crippen LogP contribution in [-0.4, -0.2) is 35.2 Å². The second-order valence-electron chi connectivity index (χ2n) is 6.92. The molecular formula is C22H30N2O5S. The molecule has 30 heavy (non-hydrogen) atoms. The average molecular weight is 435 g/mol. The first kappa shape index (κ1) is 23.7. The molecule has 0 radical (unpaired) electrons. The number of carboxylic acid groups (broad SMARTS) is 1. The van der Waals surface area contributed by atoms with Crippen molar-refractivity contribution >= 4 is 34.1 Å². The van der Waals surface area contributed by atoms with Gasteiger partial charge in [0.15, 0.2) is 5.13 Å². The largest absolute Gasteiger partial charge is 0.494 e. The molecule has 0 saturated heterocycles. The summed E-state index contributed by atoms with van der Waals surface area (Å²) in [7, 11) is 0. The summed E-state index contributed by atoms with van der Waals surface area (Å²) < 4.78 is 10.8. The number of thiazole rings is 1. The summed E-state index contributed by atoms with van der Waals surface area (Å²) in [5.74, 6) is -0.557. The van der Waals surface area contributed by atoms with Gasteiger partial charge in [0.2, 0.25) is 0 Å². The Labute approximate surface area is 181 Å². The third kappa shape index (κ3) is 6.19. The van der Waals surface area contributed by atoms with Gasteiger partial charge in [-0.15, -0.1) is 11.3 Å². The molecule has 164 valence electrons. The number of carboxylic acids is 1. The number of carbonyl (C=O) groups is 2. The van der Waals surface area contributed by atoms with Gasteiger partial charge in [0, 0.05) is 17.5 Å². The Balaban J connectivity index is 2.30. The predicted octanol–water partition coefficient (Wildman–Crippen LogP) is 5.14. The molecule has 2 aromatic rings. The molecule has 0 fully saturated rings. The number of nitrogens with one attached hydrogen (secondary N) is 1. The number of hydrogen-bond donors (Lipinski definition) is 2. The van der Waals surface area contributed by atoms with Gasteiger partial charge in [0.05, 0.1) is 18.9 Å². The lowest BCUT2D eigenvalue weighted by Crippen LogP contribution is -2.38. The van der Waals surface area contributed by atoms with Crippen LogP contribution in [0.1, 0.15) is 58.6 Å². The van der Waals surface area contributed by atoms with Crippen LogP contribution >= 0.6 is 11.3 Å². The lowest BCUT2D eigenvalue weighted by Gasteiger charge is -2.29. The quantitative estimate of drug-likeness (QED) is 0.421. The number of nitrogens with zero attached hydrogens (tertiary/aromatic N) is 1. The van der Waals surface area contributed by atoms with E-state index in [1.807, 2.05) is 43.5 Å². The molecule has 0 saturated carbocycles. The first-order valence-electron chi connectivity index (χ1n) is 10.3. The van der Waals surface area contributed by atoms with Crippen molar-refractivity contribution in [2.45, 2.75) is 58.3 Å². The Morgan fingerprint density at radius 3 is 2.47 bits per heavy atom. The summed E-state index contributed by atoms with van der Waals surface area (Å²) >= 11 is 1.38.